The summed E-state index contributed by atoms with van der Waals surface area (Å²) in [5.41, 5.74) is 3.93. The van der Waals surface area contributed by atoms with Crippen LogP contribution in [0.5, 0.6) is 0 Å². The molecule has 0 atom stereocenters. The summed E-state index contributed by atoms with van der Waals surface area (Å²) in [6.07, 6.45) is 0. The smallest absolute Gasteiger partial charge is 0.163 e. The van der Waals surface area contributed by atoms with Crippen LogP contribution in [0.2, 0.25) is 0 Å². The highest BCUT2D eigenvalue weighted by molar-refractivity contribution is 7.17. The van der Waals surface area contributed by atoms with E-state index in [1.165, 1.54) is 11.3 Å². The topological polar surface area (TPSA) is 70.9 Å². The van der Waals surface area contributed by atoms with E-state index in [0.29, 0.717) is 18.1 Å². The second-order valence-corrected chi connectivity index (χ2v) is 8.50. The highest BCUT2D eigenvalue weighted by Gasteiger charge is 2.16. The maximum atomic E-state index is 9.28. The minimum atomic E-state index is -0.0465. The molecule has 30 heavy (non-hydrogen) atoms. The number of nitrogens with one attached hydrogen (secondary N) is 1. The first-order chi connectivity index (χ1) is 14.8. The molecule has 7 heteroatoms. The molecule has 5 nitrogen and oxygen atoms in total. The van der Waals surface area contributed by atoms with Crippen LogP contribution in [0.4, 0.5) is 5.82 Å². The van der Waals surface area contributed by atoms with Crippen molar-refractivity contribution in [3.8, 4) is 22.5 Å². The van der Waals surface area contributed by atoms with Crippen LogP contribution in [-0.4, -0.2) is 20.1 Å². The molecule has 0 radical (unpaired) electrons. The number of fused-ring (bicyclic) bond motifs is 1. The van der Waals surface area contributed by atoms with Crippen LogP contribution in [0.15, 0.2) is 71.4 Å². The van der Waals surface area contributed by atoms with Gasteiger partial charge in [0.15, 0.2) is 5.82 Å². The fraction of sp³-hybridized carbons (Fsp3) is 0.0870. The van der Waals surface area contributed by atoms with Crippen LogP contribution in [0.3, 0.4) is 0 Å². The Morgan fingerprint density at radius 3 is 2.23 bits per heavy atom. The van der Waals surface area contributed by atoms with Crippen molar-refractivity contribution >= 4 is 38.7 Å². The highest BCUT2D eigenvalue weighted by atomic mass is 32.1. The van der Waals surface area contributed by atoms with Crippen molar-refractivity contribution in [2.45, 2.75) is 13.2 Å². The number of aromatic nitrogens is 3. The van der Waals surface area contributed by atoms with E-state index in [-0.39, 0.29) is 6.61 Å². The fourth-order valence-corrected chi connectivity index (χ4v) is 4.95. The van der Waals surface area contributed by atoms with Crippen LogP contribution in [0.1, 0.15) is 10.7 Å². The Morgan fingerprint density at radius 2 is 1.53 bits per heavy atom. The van der Waals surface area contributed by atoms with Gasteiger partial charge in [-0.1, -0.05) is 60.7 Å². The van der Waals surface area contributed by atoms with E-state index >= 15 is 0 Å². The fourth-order valence-electron chi connectivity index (χ4n) is 3.28. The SMILES string of the molecule is OCc1csc(CNc2nc(-c3ccccc3)nc3scc(-c4ccccc4)c23)n1. The quantitative estimate of drug-likeness (QED) is 0.368. The number of benzene rings is 2. The Balaban J connectivity index is 1.61. The number of rotatable bonds is 6. The van der Waals surface area contributed by atoms with Crippen molar-refractivity contribution in [3.05, 3.63) is 82.1 Å². The predicted molar refractivity (Wildman–Crippen MR) is 124 cm³/mol. The third-order valence-corrected chi connectivity index (χ3v) is 6.49. The van der Waals surface area contributed by atoms with Crippen molar-refractivity contribution in [1.29, 1.82) is 0 Å². The molecule has 0 saturated heterocycles. The zero-order valence-electron chi connectivity index (χ0n) is 15.9. The molecular formula is C23H18N4OS2. The number of aliphatic hydroxyl groups is 1. The number of nitrogens with zero attached hydrogens (tertiary/aromatic N) is 3. The zero-order chi connectivity index (χ0) is 20.3. The minimum absolute atomic E-state index is 0.0465. The summed E-state index contributed by atoms with van der Waals surface area (Å²) in [4.78, 5) is 15.1. The molecule has 3 heterocycles. The van der Waals surface area contributed by atoms with E-state index in [4.69, 9.17) is 9.97 Å². The maximum Gasteiger partial charge on any atom is 0.163 e. The lowest BCUT2D eigenvalue weighted by atomic mass is 10.1. The molecular weight excluding hydrogens is 412 g/mol. The molecule has 2 N–H and O–H groups in total. The predicted octanol–water partition coefficient (Wildman–Crippen LogP) is 5.59. The Bertz CT molecular complexity index is 1280. The first kappa shape index (κ1) is 18.9. The molecule has 5 rings (SSSR count). The molecule has 2 aromatic carbocycles. The van der Waals surface area contributed by atoms with E-state index in [2.05, 4.69) is 27.8 Å². The molecule has 0 saturated carbocycles. The van der Waals surface area contributed by atoms with Gasteiger partial charge < -0.3 is 10.4 Å². The molecule has 0 amide bonds. The van der Waals surface area contributed by atoms with Gasteiger partial charge in [-0.15, -0.1) is 22.7 Å². The number of hydrogen-bond donors (Lipinski definition) is 2. The largest absolute Gasteiger partial charge is 0.390 e. The molecule has 5 aromatic rings. The number of aliphatic hydroxyl groups excluding tert-OH is 1. The number of anilines is 1. The van der Waals surface area contributed by atoms with Crippen LogP contribution >= 0.6 is 22.7 Å². The average molecular weight is 431 g/mol. The first-order valence-electron chi connectivity index (χ1n) is 9.50. The molecule has 0 aliphatic heterocycles. The third-order valence-electron chi connectivity index (χ3n) is 4.72. The van der Waals surface area contributed by atoms with Gasteiger partial charge in [0.25, 0.3) is 0 Å². The minimum Gasteiger partial charge on any atom is -0.390 e. The molecule has 3 aromatic heterocycles. The second-order valence-electron chi connectivity index (χ2n) is 6.70. The average Bonchev–Trinajstić information content (AvgIpc) is 3.45. The van der Waals surface area contributed by atoms with Crippen LogP contribution in [0.25, 0.3) is 32.7 Å². The lowest BCUT2D eigenvalue weighted by molar-refractivity contribution is 0.277. The first-order valence-corrected chi connectivity index (χ1v) is 11.3. The van der Waals surface area contributed by atoms with Gasteiger partial charge in [-0.05, 0) is 5.56 Å². The van der Waals surface area contributed by atoms with Gasteiger partial charge >= 0.3 is 0 Å². The summed E-state index contributed by atoms with van der Waals surface area (Å²) in [5.74, 6) is 1.49. The Labute approximate surface area is 181 Å². The van der Waals surface area contributed by atoms with Gasteiger partial charge in [0.1, 0.15) is 15.7 Å². The Kier molecular flexibility index (Phi) is 5.23. The lowest BCUT2D eigenvalue weighted by Crippen LogP contribution is -2.04. The van der Waals surface area contributed by atoms with Gasteiger partial charge in [-0.3, -0.25) is 0 Å². The Hall–Kier alpha value is -3.13. The van der Waals surface area contributed by atoms with Crippen LogP contribution < -0.4 is 5.32 Å². The summed E-state index contributed by atoms with van der Waals surface area (Å²) >= 11 is 3.15. The zero-order valence-corrected chi connectivity index (χ0v) is 17.6. The molecule has 0 fully saturated rings. The van der Waals surface area contributed by atoms with Crippen LogP contribution in [0, 0.1) is 0 Å². The summed E-state index contributed by atoms with van der Waals surface area (Å²) in [6, 6.07) is 20.3. The number of thiazole rings is 1. The molecule has 0 aliphatic rings. The van der Waals surface area contributed by atoms with Gasteiger partial charge in [0.05, 0.1) is 24.2 Å². The van der Waals surface area contributed by atoms with Crippen molar-refractivity contribution in [2.75, 3.05) is 5.32 Å². The summed E-state index contributed by atoms with van der Waals surface area (Å²) in [7, 11) is 0. The number of hydrogen-bond acceptors (Lipinski definition) is 7. The van der Waals surface area contributed by atoms with Gasteiger partial charge in [-0.25, -0.2) is 15.0 Å². The summed E-state index contributed by atoms with van der Waals surface area (Å²) in [5, 5.41) is 18.7. The lowest BCUT2D eigenvalue weighted by Gasteiger charge is -2.10. The van der Waals surface area contributed by atoms with Gasteiger partial charge in [-0.2, -0.15) is 0 Å². The van der Waals surface area contributed by atoms with E-state index in [9.17, 15) is 5.11 Å². The highest BCUT2D eigenvalue weighted by Crippen LogP contribution is 2.38. The summed E-state index contributed by atoms with van der Waals surface area (Å²) in [6.45, 7) is 0.490. The monoisotopic (exact) mass is 430 g/mol. The Morgan fingerprint density at radius 1 is 0.800 bits per heavy atom. The van der Waals surface area contributed by atoms with Gasteiger partial charge in [0.2, 0.25) is 0 Å². The molecule has 148 valence electrons. The molecule has 0 unspecified atom stereocenters. The third kappa shape index (κ3) is 3.70. The van der Waals surface area contributed by atoms with Crippen molar-refractivity contribution < 1.29 is 5.11 Å². The van der Waals surface area contributed by atoms with E-state index < -0.39 is 0 Å². The maximum absolute atomic E-state index is 9.28. The van der Waals surface area contributed by atoms with E-state index in [0.717, 1.165) is 37.7 Å². The molecule has 0 bridgehead atoms. The normalized spacial score (nSPS) is 11.1. The second kappa shape index (κ2) is 8.31. The standard InChI is InChI=1S/C23H18N4OS2/c28-12-17-13-29-19(25-17)11-24-22-20-18(15-7-3-1-4-8-15)14-30-23(20)27-21(26-22)16-9-5-2-6-10-16/h1-10,13-14,28H,11-12H2,(H,24,26,27). The van der Waals surface area contributed by atoms with Crippen LogP contribution in [-0.2, 0) is 13.2 Å². The molecule has 0 spiro atoms. The number of thiophene rings is 1. The van der Waals surface area contributed by atoms with Gasteiger partial charge in [0, 0.05) is 21.9 Å². The molecule has 0 aliphatic carbocycles. The van der Waals surface area contributed by atoms with Crippen molar-refractivity contribution in [2.24, 2.45) is 0 Å². The van der Waals surface area contributed by atoms with Crippen molar-refractivity contribution in [3.63, 3.8) is 0 Å². The van der Waals surface area contributed by atoms with E-state index in [1.54, 1.807) is 11.3 Å². The summed E-state index contributed by atoms with van der Waals surface area (Å²) < 4.78 is 0. The van der Waals surface area contributed by atoms with Crippen molar-refractivity contribution in [1.82, 2.24) is 15.0 Å². The van der Waals surface area contributed by atoms with E-state index in [1.807, 2.05) is 53.9 Å².